The fraction of sp³-hybridized carbons (Fsp3) is 0.407. The number of esters is 2. The smallest absolute Gasteiger partial charge is 0.341 e. The summed E-state index contributed by atoms with van der Waals surface area (Å²) in [7, 11) is 4.59. The second-order valence-corrected chi connectivity index (χ2v) is 8.69. The number of methoxy groups -OCH3 is 3. The number of benzene rings is 2. The Morgan fingerprint density at radius 2 is 1.81 bits per heavy atom. The number of nitrogens with one attached hydrogen (secondary N) is 1. The summed E-state index contributed by atoms with van der Waals surface area (Å²) in [5.41, 5.74) is 4.95. The molecule has 194 valence electrons. The number of anilines is 1. The maximum absolute atomic E-state index is 12.5. The molecule has 3 rings (SSSR count). The number of rotatable bonds is 11. The Bertz CT molecular complexity index is 1190. The van der Waals surface area contributed by atoms with E-state index in [0.717, 1.165) is 33.7 Å². The second-order valence-electron chi connectivity index (χ2n) is 8.31. The third-order valence-electron chi connectivity index (χ3n) is 6.08. The minimum atomic E-state index is -0.418. The predicted octanol–water partition coefficient (Wildman–Crippen LogP) is 5.65. The summed E-state index contributed by atoms with van der Waals surface area (Å²) in [6.07, 6.45) is 3.21. The van der Waals surface area contributed by atoms with Gasteiger partial charge in [0.15, 0.2) is 17.2 Å². The summed E-state index contributed by atoms with van der Waals surface area (Å²) in [5.74, 6) is 0.947. The number of cyclic esters (lactones) is 1. The number of carbonyl (C=O) groups is 2. The van der Waals surface area contributed by atoms with Crippen LogP contribution in [0.3, 0.4) is 0 Å². The first-order chi connectivity index (χ1) is 17.3. The Morgan fingerprint density at radius 1 is 1.11 bits per heavy atom. The van der Waals surface area contributed by atoms with Crippen LogP contribution in [0.25, 0.3) is 0 Å². The molecular formula is C27H32ClNO7. The van der Waals surface area contributed by atoms with E-state index in [-0.39, 0.29) is 29.8 Å². The van der Waals surface area contributed by atoms with Crippen LogP contribution >= 0.6 is 11.6 Å². The van der Waals surface area contributed by atoms with Crippen LogP contribution in [0.4, 0.5) is 5.69 Å². The third kappa shape index (κ3) is 5.54. The molecule has 9 heteroatoms. The molecule has 1 heterocycles. The van der Waals surface area contributed by atoms with Crippen molar-refractivity contribution in [1.29, 1.82) is 0 Å². The zero-order valence-electron chi connectivity index (χ0n) is 21.5. The number of hydrogen-bond acceptors (Lipinski definition) is 8. The van der Waals surface area contributed by atoms with Gasteiger partial charge in [-0.3, -0.25) is 4.79 Å². The van der Waals surface area contributed by atoms with Crippen molar-refractivity contribution in [3.63, 3.8) is 0 Å². The van der Waals surface area contributed by atoms with E-state index in [1.54, 1.807) is 19.2 Å². The molecule has 0 aliphatic carbocycles. The van der Waals surface area contributed by atoms with E-state index in [2.05, 4.69) is 5.32 Å². The molecule has 36 heavy (non-hydrogen) atoms. The first kappa shape index (κ1) is 27.2. The molecule has 0 atom stereocenters. The van der Waals surface area contributed by atoms with Crippen LogP contribution in [-0.4, -0.2) is 39.8 Å². The molecule has 1 aliphatic heterocycles. The van der Waals surface area contributed by atoms with E-state index < -0.39 is 5.97 Å². The molecule has 1 aliphatic rings. The molecule has 0 radical (unpaired) electrons. The normalized spacial score (nSPS) is 12.6. The van der Waals surface area contributed by atoms with Gasteiger partial charge in [0.05, 0.1) is 32.6 Å². The Morgan fingerprint density at radius 3 is 2.44 bits per heavy atom. The SMILES string of the molecule is CCNc1c(CC=C(C)CCC(=O)Oc2ccc(OC)c(OC)c2Cl)c(OC)c(C)c2c1C(=O)OC2. The first-order valence-electron chi connectivity index (χ1n) is 11.7. The van der Waals surface area contributed by atoms with E-state index in [9.17, 15) is 9.59 Å². The van der Waals surface area contributed by atoms with E-state index in [0.29, 0.717) is 36.4 Å². The number of ether oxygens (including phenoxy) is 5. The topological polar surface area (TPSA) is 92.3 Å². The van der Waals surface area contributed by atoms with Crippen LogP contribution in [0.5, 0.6) is 23.0 Å². The molecule has 0 saturated heterocycles. The van der Waals surface area contributed by atoms with Crippen LogP contribution < -0.4 is 24.3 Å². The van der Waals surface area contributed by atoms with E-state index in [1.165, 1.54) is 14.2 Å². The number of allylic oxidation sites excluding steroid dienone is 2. The van der Waals surface area contributed by atoms with Crippen molar-refractivity contribution in [2.45, 2.75) is 46.6 Å². The standard InChI is InChI=1S/C27H32ClNO7/c1-7-29-24-17(25(33-5)16(3)18-14-35-27(31)22(18)24)10-8-15(2)9-13-21(30)36-19-11-12-20(32-4)26(34-6)23(19)28/h8,11-12,29H,7,9-10,13-14H2,1-6H3. The van der Waals surface area contributed by atoms with Crippen LogP contribution in [-0.2, 0) is 22.6 Å². The zero-order valence-corrected chi connectivity index (χ0v) is 22.3. The van der Waals surface area contributed by atoms with Crippen molar-refractivity contribution in [3.05, 3.63) is 51.1 Å². The van der Waals surface area contributed by atoms with Gasteiger partial charge in [-0.05, 0) is 51.3 Å². The largest absolute Gasteiger partial charge is 0.496 e. The summed E-state index contributed by atoms with van der Waals surface area (Å²) in [5, 5.41) is 3.49. The lowest BCUT2D eigenvalue weighted by Gasteiger charge is -2.19. The predicted molar refractivity (Wildman–Crippen MR) is 138 cm³/mol. The molecular weight excluding hydrogens is 486 g/mol. The third-order valence-corrected chi connectivity index (χ3v) is 6.44. The van der Waals surface area contributed by atoms with Gasteiger partial charge in [0, 0.05) is 24.1 Å². The monoisotopic (exact) mass is 517 g/mol. The van der Waals surface area contributed by atoms with Crippen molar-refractivity contribution in [2.24, 2.45) is 0 Å². The zero-order chi connectivity index (χ0) is 26.4. The average Bonchev–Trinajstić information content (AvgIpc) is 3.26. The Hall–Kier alpha value is -3.39. The minimum Gasteiger partial charge on any atom is -0.496 e. The molecule has 2 aromatic rings. The van der Waals surface area contributed by atoms with E-state index >= 15 is 0 Å². The highest BCUT2D eigenvalue weighted by atomic mass is 35.5. The molecule has 8 nitrogen and oxygen atoms in total. The highest BCUT2D eigenvalue weighted by Gasteiger charge is 2.31. The molecule has 0 unspecified atom stereocenters. The fourth-order valence-corrected chi connectivity index (χ4v) is 4.50. The van der Waals surface area contributed by atoms with Gasteiger partial charge in [-0.25, -0.2) is 4.79 Å². The lowest BCUT2D eigenvalue weighted by molar-refractivity contribution is -0.134. The molecule has 0 spiro atoms. The lowest BCUT2D eigenvalue weighted by atomic mass is 9.93. The van der Waals surface area contributed by atoms with E-state index in [1.807, 2.05) is 26.8 Å². The van der Waals surface area contributed by atoms with Gasteiger partial charge in [-0.2, -0.15) is 0 Å². The highest BCUT2D eigenvalue weighted by Crippen LogP contribution is 2.42. The molecule has 0 saturated carbocycles. The summed E-state index contributed by atoms with van der Waals surface area (Å²) in [6, 6.07) is 3.20. The van der Waals surface area contributed by atoms with E-state index in [4.69, 9.17) is 35.3 Å². The maximum Gasteiger partial charge on any atom is 0.341 e. The number of halogens is 1. The summed E-state index contributed by atoms with van der Waals surface area (Å²) < 4.78 is 26.9. The van der Waals surface area contributed by atoms with Crippen LogP contribution in [0, 0.1) is 6.92 Å². The Labute approximate surface area is 216 Å². The van der Waals surface area contributed by atoms with Gasteiger partial charge in [-0.15, -0.1) is 0 Å². The molecule has 1 N–H and O–H groups in total. The van der Waals surface area contributed by atoms with Crippen LogP contribution in [0.15, 0.2) is 23.8 Å². The lowest BCUT2D eigenvalue weighted by Crippen LogP contribution is -2.11. The first-order valence-corrected chi connectivity index (χ1v) is 12.0. The molecule has 0 bridgehead atoms. The van der Waals surface area contributed by atoms with Crippen molar-refractivity contribution in [1.82, 2.24) is 0 Å². The van der Waals surface area contributed by atoms with Gasteiger partial charge in [0.2, 0.25) is 0 Å². The summed E-state index contributed by atoms with van der Waals surface area (Å²) >= 11 is 6.31. The van der Waals surface area contributed by atoms with Crippen molar-refractivity contribution >= 4 is 29.2 Å². The number of fused-ring (bicyclic) bond motifs is 1. The average molecular weight is 518 g/mol. The van der Waals surface area contributed by atoms with Crippen molar-refractivity contribution < 1.29 is 33.3 Å². The fourth-order valence-electron chi connectivity index (χ4n) is 4.23. The molecule has 0 aromatic heterocycles. The summed E-state index contributed by atoms with van der Waals surface area (Å²) in [6.45, 7) is 6.75. The van der Waals surface area contributed by atoms with Gasteiger partial charge in [0.25, 0.3) is 0 Å². The van der Waals surface area contributed by atoms with Crippen LogP contribution in [0.2, 0.25) is 5.02 Å². The maximum atomic E-state index is 12.5. The Balaban J connectivity index is 1.74. The van der Waals surface area contributed by atoms with Gasteiger partial charge in [0.1, 0.15) is 17.4 Å². The van der Waals surface area contributed by atoms with Crippen LogP contribution in [0.1, 0.15) is 53.7 Å². The van der Waals surface area contributed by atoms with Gasteiger partial charge < -0.3 is 29.0 Å². The minimum absolute atomic E-state index is 0.166. The van der Waals surface area contributed by atoms with Gasteiger partial charge >= 0.3 is 11.9 Å². The quantitative estimate of drug-likeness (QED) is 0.232. The molecule has 0 amide bonds. The number of carbonyl (C=O) groups excluding carboxylic acids is 2. The Kier molecular flexibility index (Phi) is 9.09. The molecule has 0 fully saturated rings. The van der Waals surface area contributed by atoms with Crippen molar-refractivity contribution in [3.8, 4) is 23.0 Å². The molecule has 2 aromatic carbocycles. The number of hydrogen-bond donors (Lipinski definition) is 1. The van der Waals surface area contributed by atoms with Gasteiger partial charge in [-0.1, -0.05) is 23.3 Å². The highest BCUT2D eigenvalue weighted by molar-refractivity contribution is 6.34. The van der Waals surface area contributed by atoms with Crippen molar-refractivity contribution in [2.75, 3.05) is 33.2 Å². The second kappa shape index (κ2) is 12.0. The summed E-state index contributed by atoms with van der Waals surface area (Å²) in [4.78, 5) is 24.9.